The summed E-state index contributed by atoms with van der Waals surface area (Å²) in [7, 11) is 1.81. The first-order valence-corrected chi connectivity index (χ1v) is 10.8. The van der Waals surface area contributed by atoms with E-state index in [4.69, 9.17) is 9.72 Å². The molecule has 0 aliphatic carbocycles. The standard InChI is InChI=1S/C23H29N5O2/c1-16-17(2)30-15-23(16)9-11-27(12-10-23)22-24-20-19(21(29)26(22)3)14-28(25-20)13-18-7-5-4-6-8-18/h4-8,14,16-17H,9-13,15H2,1-3H3/t16-,17+/m1/s1. The Morgan fingerprint density at radius 1 is 1.17 bits per heavy atom. The number of rotatable bonds is 3. The van der Waals surface area contributed by atoms with Gasteiger partial charge in [-0.15, -0.1) is 0 Å². The van der Waals surface area contributed by atoms with E-state index in [-0.39, 0.29) is 11.0 Å². The van der Waals surface area contributed by atoms with E-state index in [1.54, 1.807) is 4.57 Å². The van der Waals surface area contributed by atoms with Gasteiger partial charge in [-0.3, -0.25) is 14.0 Å². The lowest BCUT2D eigenvalue weighted by molar-refractivity contribution is 0.0968. The van der Waals surface area contributed by atoms with Gasteiger partial charge in [-0.05, 0) is 31.2 Å². The van der Waals surface area contributed by atoms with E-state index in [1.807, 2.05) is 36.1 Å². The number of piperidine rings is 1. The molecule has 2 fully saturated rings. The predicted octanol–water partition coefficient (Wildman–Crippen LogP) is 2.82. The zero-order valence-corrected chi connectivity index (χ0v) is 17.9. The highest BCUT2D eigenvalue weighted by Gasteiger charge is 2.47. The van der Waals surface area contributed by atoms with E-state index in [0.29, 0.717) is 35.5 Å². The summed E-state index contributed by atoms with van der Waals surface area (Å²) in [5.41, 5.74) is 1.89. The van der Waals surface area contributed by atoms with Gasteiger partial charge in [-0.25, -0.2) is 0 Å². The molecule has 4 heterocycles. The summed E-state index contributed by atoms with van der Waals surface area (Å²) >= 11 is 0. The van der Waals surface area contributed by atoms with Gasteiger partial charge in [0.25, 0.3) is 5.56 Å². The van der Waals surface area contributed by atoms with Crippen LogP contribution in [0.25, 0.3) is 11.0 Å². The number of ether oxygens (including phenoxy) is 1. The summed E-state index contributed by atoms with van der Waals surface area (Å²) in [5, 5.41) is 5.17. The number of hydrogen-bond acceptors (Lipinski definition) is 5. The molecule has 2 atom stereocenters. The molecule has 3 aromatic rings. The normalized spacial score (nSPS) is 23.5. The van der Waals surface area contributed by atoms with Gasteiger partial charge in [0.15, 0.2) is 5.65 Å². The molecule has 7 heteroatoms. The molecule has 1 spiro atoms. The highest BCUT2D eigenvalue weighted by atomic mass is 16.5. The van der Waals surface area contributed by atoms with Crippen LogP contribution in [0.5, 0.6) is 0 Å². The minimum atomic E-state index is -0.0409. The van der Waals surface area contributed by atoms with E-state index in [2.05, 4.69) is 36.0 Å². The van der Waals surface area contributed by atoms with Crippen molar-refractivity contribution in [2.75, 3.05) is 24.6 Å². The lowest BCUT2D eigenvalue weighted by atomic mass is 9.70. The fourth-order valence-corrected chi connectivity index (χ4v) is 5.04. The zero-order valence-electron chi connectivity index (χ0n) is 17.9. The monoisotopic (exact) mass is 407 g/mol. The second-order valence-corrected chi connectivity index (χ2v) is 8.98. The Labute approximate surface area is 176 Å². The first-order chi connectivity index (χ1) is 14.5. The SMILES string of the molecule is C[C@@H]1OCC2(CCN(c3nc4nn(Cc5ccccc5)cc4c(=O)n3C)CC2)[C@@H]1C. The van der Waals surface area contributed by atoms with Gasteiger partial charge in [0.2, 0.25) is 5.95 Å². The summed E-state index contributed by atoms with van der Waals surface area (Å²) in [5.74, 6) is 1.28. The topological polar surface area (TPSA) is 65.2 Å². The Bertz CT molecular complexity index is 1110. The lowest BCUT2D eigenvalue weighted by Crippen LogP contribution is -2.45. The van der Waals surface area contributed by atoms with Gasteiger partial charge < -0.3 is 9.64 Å². The minimum absolute atomic E-state index is 0.0409. The zero-order chi connectivity index (χ0) is 20.9. The van der Waals surface area contributed by atoms with Crippen LogP contribution in [0.4, 0.5) is 5.95 Å². The molecule has 0 N–H and O–H groups in total. The van der Waals surface area contributed by atoms with Crippen molar-refractivity contribution in [1.82, 2.24) is 19.3 Å². The molecular formula is C23H29N5O2. The van der Waals surface area contributed by atoms with Crippen LogP contribution >= 0.6 is 0 Å². The third kappa shape index (κ3) is 3.12. The van der Waals surface area contributed by atoms with Crippen LogP contribution in [0.2, 0.25) is 0 Å². The van der Waals surface area contributed by atoms with Gasteiger partial charge in [0, 0.05) is 31.7 Å². The minimum Gasteiger partial charge on any atom is -0.378 e. The molecule has 0 amide bonds. The maximum atomic E-state index is 13.0. The molecular weight excluding hydrogens is 378 g/mol. The molecule has 0 saturated carbocycles. The Balaban J connectivity index is 1.41. The van der Waals surface area contributed by atoms with E-state index in [9.17, 15) is 4.79 Å². The van der Waals surface area contributed by atoms with Crippen LogP contribution in [-0.2, 0) is 18.3 Å². The lowest BCUT2D eigenvalue weighted by Gasteiger charge is -2.42. The van der Waals surface area contributed by atoms with E-state index < -0.39 is 0 Å². The van der Waals surface area contributed by atoms with Crippen molar-refractivity contribution in [3.63, 3.8) is 0 Å². The smallest absolute Gasteiger partial charge is 0.265 e. The summed E-state index contributed by atoms with van der Waals surface area (Å²) in [6.07, 6.45) is 4.26. The Hall–Kier alpha value is -2.67. The summed E-state index contributed by atoms with van der Waals surface area (Å²) < 4.78 is 9.43. The summed E-state index contributed by atoms with van der Waals surface area (Å²) in [4.78, 5) is 20.1. The van der Waals surface area contributed by atoms with Crippen molar-refractivity contribution in [3.8, 4) is 0 Å². The second-order valence-electron chi connectivity index (χ2n) is 8.98. The van der Waals surface area contributed by atoms with Gasteiger partial charge in [-0.1, -0.05) is 37.3 Å². The quantitative estimate of drug-likeness (QED) is 0.668. The first-order valence-electron chi connectivity index (χ1n) is 10.8. The molecule has 158 valence electrons. The van der Waals surface area contributed by atoms with Crippen LogP contribution < -0.4 is 10.5 Å². The number of hydrogen-bond donors (Lipinski definition) is 0. The Kier molecular flexibility index (Phi) is 4.65. The number of fused-ring (bicyclic) bond motifs is 1. The van der Waals surface area contributed by atoms with Crippen molar-refractivity contribution in [2.45, 2.75) is 39.3 Å². The average Bonchev–Trinajstić information content (AvgIpc) is 3.29. The fraction of sp³-hybridized carbons (Fsp3) is 0.522. The molecule has 2 aromatic heterocycles. The van der Waals surface area contributed by atoms with E-state index >= 15 is 0 Å². The van der Waals surface area contributed by atoms with Crippen molar-refractivity contribution in [3.05, 3.63) is 52.4 Å². The van der Waals surface area contributed by atoms with Gasteiger partial charge >= 0.3 is 0 Å². The first kappa shape index (κ1) is 19.3. The molecule has 2 aliphatic rings. The van der Waals surface area contributed by atoms with Crippen molar-refractivity contribution in [2.24, 2.45) is 18.4 Å². The largest absolute Gasteiger partial charge is 0.378 e. The van der Waals surface area contributed by atoms with Crippen LogP contribution in [0.3, 0.4) is 0 Å². The van der Waals surface area contributed by atoms with Gasteiger partial charge in [0.1, 0.15) is 5.39 Å². The van der Waals surface area contributed by atoms with Gasteiger partial charge in [0.05, 0.1) is 19.3 Å². The number of anilines is 1. The maximum Gasteiger partial charge on any atom is 0.265 e. The van der Waals surface area contributed by atoms with Crippen molar-refractivity contribution < 1.29 is 4.74 Å². The van der Waals surface area contributed by atoms with Crippen molar-refractivity contribution >= 4 is 17.0 Å². The molecule has 2 aliphatic heterocycles. The molecule has 0 radical (unpaired) electrons. The van der Waals surface area contributed by atoms with Crippen LogP contribution in [0, 0.1) is 11.3 Å². The van der Waals surface area contributed by atoms with E-state index in [0.717, 1.165) is 38.1 Å². The summed E-state index contributed by atoms with van der Waals surface area (Å²) in [6, 6.07) is 10.1. The third-order valence-corrected chi connectivity index (χ3v) is 7.32. The van der Waals surface area contributed by atoms with Gasteiger partial charge in [-0.2, -0.15) is 10.1 Å². The van der Waals surface area contributed by atoms with E-state index in [1.165, 1.54) is 0 Å². The molecule has 5 rings (SSSR count). The highest BCUT2D eigenvalue weighted by molar-refractivity contribution is 5.74. The predicted molar refractivity (Wildman–Crippen MR) is 117 cm³/mol. The highest BCUT2D eigenvalue weighted by Crippen LogP contribution is 2.46. The molecule has 1 aromatic carbocycles. The molecule has 2 saturated heterocycles. The summed E-state index contributed by atoms with van der Waals surface area (Å²) in [6.45, 7) is 7.73. The molecule has 0 unspecified atom stereocenters. The maximum absolute atomic E-state index is 13.0. The van der Waals surface area contributed by atoms with Crippen LogP contribution in [-0.4, -0.2) is 45.1 Å². The Morgan fingerprint density at radius 3 is 2.57 bits per heavy atom. The van der Waals surface area contributed by atoms with Crippen LogP contribution in [0.1, 0.15) is 32.3 Å². The van der Waals surface area contributed by atoms with Crippen molar-refractivity contribution in [1.29, 1.82) is 0 Å². The molecule has 7 nitrogen and oxygen atoms in total. The average molecular weight is 408 g/mol. The second kappa shape index (κ2) is 7.23. The third-order valence-electron chi connectivity index (χ3n) is 7.32. The molecule has 0 bridgehead atoms. The number of aromatic nitrogens is 4. The Morgan fingerprint density at radius 2 is 1.90 bits per heavy atom. The number of benzene rings is 1. The van der Waals surface area contributed by atoms with Crippen LogP contribution in [0.15, 0.2) is 41.3 Å². The molecule has 30 heavy (non-hydrogen) atoms. The number of nitrogens with zero attached hydrogens (tertiary/aromatic N) is 5. The fourth-order valence-electron chi connectivity index (χ4n) is 5.04.